The molecule has 0 fully saturated rings. The van der Waals surface area contributed by atoms with Crippen LogP contribution in [0.2, 0.25) is 5.02 Å². The maximum atomic E-state index is 11.0. The molecule has 0 unspecified atom stereocenters. The van der Waals surface area contributed by atoms with Crippen molar-refractivity contribution in [2.75, 3.05) is 0 Å². The Morgan fingerprint density at radius 3 is 2.58 bits per heavy atom. The zero-order valence-corrected chi connectivity index (χ0v) is 15.5. The van der Waals surface area contributed by atoms with E-state index in [1.165, 1.54) is 12.1 Å². The Morgan fingerprint density at radius 2 is 1.92 bits per heavy atom. The zero-order chi connectivity index (χ0) is 18.7. The Morgan fingerprint density at radius 1 is 1.19 bits per heavy atom. The Hall–Kier alpha value is -2.88. The Balaban J connectivity index is 1.95. The van der Waals surface area contributed by atoms with E-state index in [0.29, 0.717) is 22.7 Å². The van der Waals surface area contributed by atoms with Gasteiger partial charge in [0.15, 0.2) is 0 Å². The molecule has 0 radical (unpaired) electrons. The van der Waals surface area contributed by atoms with Crippen molar-refractivity contribution in [1.29, 1.82) is 5.26 Å². The molecule has 0 saturated carbocycles. The molecule has 0 atom stereocenters. The molecular formula is C19H10BrClN2O3. The number of hydrogen-bond donors (Lipinski definition) is 0. The maximum absolute atomic E-state index is 11.0. The lowest BCUT2D eigenvalue weighted by molar-refractivity contribution is -0.384. The SMILES string of the molecule is N#C/C(=C/c1ccc(-c2ccc(Cl)c([N+](=O)[O-])c2)o1)c1ccc(Br)cc1. The highest BCUT2D eigenvalue weighted by Crippen LogP contribution is 2.32. The fraction of sp³-hybridized carbons (Fsp3) is 0. The van der Waals surface area contributed by atoms with Gasteiger partial charge < -0.3 is 4.42 Å². The minimum atomic E-state index is -0.545. The second-order valence-electron chi connectivity index (χ2n) is 5.30. The molecule has 0 saturated heterocycles. The van der Waals surface area contributed by atoms with Crippen molar-refractivity contribution in [2.24, 2.45) is 0 Å². The van der Waals surface area contributed by atoms with E-state index in [2.05, 4.69) is 22.0 Å². The average molecular weight is 430 g/mol. The number of nitro benzene ring substituents is 1. The van der Waals surface area contributed by atoms with E-state index in [1.807, 2.05) is 24.3 Å². The van der Waals surface area contributed by atoms with Gasteiger partial charge in [0.25, 0.3) is 5.69 Å². The summed E-state index contributed by atoms with van der Waals surface area (Å²) in [4.78, 5) is 10.5. The zero-order valence-electron chi connectivity index (χ0n) is 13.1. The molecule has 2 aromatic carbocycles. The minimum Gasteiger partial charge on any atom is -0.457 e. The first-order chi connectivity index (χ1) is 12.5. The van der Waals surface area contributed by atoms with Crippen molar-refractivity contribution in [1.82, 2.24) is 0 Å². The van der Waals surface area contributed by atoms with Gasteiger partial charge in [-0.2, -0.15) is 5.26 Å². The molecule has 0 aliphatic carbocycles. The number of rotatable bonds is 4. The summed E-state index contributed by atoms with van der Waals surface area (Å²) < 4.78 is 6.64. The summed E-state index contributed by atoms with van der Waals surface area (Å²) in [5.41, 5.74) is 1.55. The van der Waals surface area contributed by atoms with Crippen LogP contribution in [-0.2, 0) is 0 Å². The number of furan rings is 1. The maximum Gasteiger partial charge on any atom is 0.288 e. The van der Waals surface area contributed by atoms with E-state index < -0.39 is 4.92 Å². The van der Waals surface area contributed by atoms with Crippen LogP contribution < -0.4 is 0 Å². The molecule has 1 heterocycles. The van der Waals surface area contributed by atoms with Crippen molar-refractivity contribution < 1.29 is 9.34 Å². The summed E-state index contributed by atoms with van der Waals surface area (Å²) in [6, 6.07) is 17.3. The van der Waals surface area contributed by atoms with Crippen molar-refractivity contribution in [3.05, 3.63) is 85.5 Å². The summed E-state index contributed by atoms with van der Waals surface area (Å²) >= 11 is 9.18. The molecule has 7 heteroatoms. The lowest BCUT2D eigenvalue weighted by Gasteiger charge is -2.00. The van der Waals surface area contributed by atoms with Crippen LogP contribution in [0.3, 0.4) is 0 Å². The van der Waals surface area contributed by atoms with Gasteiger partial charge >= 0.3 is 0 Å². The summed E-state index contributed by atoms with van der Waals surface area (Å²) in [6.45, 7) is 0. The first-order valence-electron chi connectivity index (χ1n) is 7.40. The van der Waals surface area contributed by atoms with Crippen molar-refractivity contribution >= 4 is 44.9 Å². The van der Waals surface area contributed by atoms with Crippen molar-refractivity contribution in [2.45, 2.75) is 0 Å². The van der Waals surface area contributed by atoms with E-state index in [1.54, 1.807) is 24.3 Å². The number of halogens is 2. The first kappa shape index (κ1) is 17.9. The predicted molar refractivity (Wildman–Crippen MR) is 103 cm³/mol. The van der Waals surface area contributed by atoms with Crippen LogP contribution in [0.15, 0.2) is 63.5 Å². The monoisotopic (exact) mass is 428 g/mol. The molecule has 128 valence electrons. The number of nitriles is 1. The van der Waals surface area contributed by atoms with Crippen LogP contribution >= 0.6 is 27.5 Å². The molecule has 5 nitrogen and oxygen atoms in total. The minimum absolute atomic E-state index is 0.0624. The van der Waals surface area contributed by atoms with Gasteiger partial charge in [0.05, 0.1) is 16.6 Å². The van der Waals surface area contributed by atoms with Gasteiger partial charge in [0.2, 0.25) is 0 Å². The standard InChI is InChI=1S/C19H10BrClN2O3/c20-15-4-1-12(2-5-15)14(11-22)9-16-6-8-19(26-16)13-3-7-17(21)18(10-13)23(24)25/h1-10H/b14-9-. The number of benzene rings is 2. The molecule has 3 aromatic rings. The molecule has 0 aliphatic rings. The van der Waals surface area contributed by atoms with Crippen LogP contribution in [0.4, 0.5) is 5.69 Å². The third kappa shape index (κ3) is 3.85. The summed E-state index contributed by atoms with van der Waals surface area (Å²) in [6.07, 6.45) is 1.62. The summed E-state index contributed by atoms with van der Waals surface area (Å²) in [5, 5.41) is 20.5. The predicted octanol–water partition coefficient (Wildman–Crippen LogP) is 6.33. The van der Waals surface area contributed by atoms with Crippen LogP contribution in [-0.4, -0.2) is 4.92 Å². The molecule has 0 N–H and O–H groups in total. The molecule has 1 aromatic heterocycles. The highest BCUT2D eigenvalue weighted by Gasteiger charge is 2.15. The summed E-state index contributed by atoms with van der Waals surface area (Å²) in [7, 11) is 0. The highest BCUT2D eigenvalue weighted by atomic mass is 79.9. The van der Waals surface area contributed by atoms with Crippen molar-refractivity contribution in [3.8, 4) is 17.4 Å². The second-order valence-corrected chi connectivity index (χ2v) is 6.62. The lowest BCUT2D eigenvalue weighted by Crippen LogP contribution is -1.89. The van der Waals surface area contributed by atoms with Gasteiger partial charge in [-0.25, -0.2) is 0 Å². The fourth-order valence-corrected chi connectivity index (χ4v) is 2.79. The lowest BCUT2D eigenvalue weighted by atomic mass is 10.1. The Bertz CT molecular complexity index is 1050. The molecular weight excluding hydrogens is 420 g/mol. The second kappa shape index (κ2) is 7.56. The molecule has 3 rings (SSSR count). The van der Waals surface area contributed by atoms with E-state index in [0.717, 1.165) is 10.0 Å². The molecule has 0 amide bonds. The van der Waals surface area contributed by atoms with Gasteiger partial charge in [-0.3, -0.25) is 10.1 Å². The van der Waals surface area contributed by atoms with Gasteiger partial charge in [-0.1, -0.05) is 39.7 Å². The summed E-state index contributed by atoms with van der Waals surface area (Å²) in [5.74, 6) is 0.918. The van der Waals surface area contributed by atoms with E-state index in [9.17, 15) is 15.4 Å². The Kier molecular flexibility index (Phi) is 5.21. The van der Waals surface area contributed by atoms with E-state index >= 15 is 0 Å². The number of nitro groups is 1. The first-order valence-corrected chi connectivity index (χ1v) is 8.57. The van der Waals surface area contributed by atoms with Crippen LogP contribution in [0.25, 0.3) is 23.0 Å². The largest absolute Gasteiger partial charge is 0.457 e. The molecule has 26 heavy (non-hydrogen) atoms. The third-order valence-electron chi connectivity index (χ3n) is 3.62. The highest BCUT2D eigenvalue weighted by molar-refractivity contribution is 9.10. The third-order valence-corrected chi connectivity index (χ3v) is 4.46. The normalized spacial score (nSPS) is 11.2. The molecule has 0 aliphatic heterocycles. The van der Waals surface area contributed by atoms with Gasteiger partial charge in [-0.05, 0) is 48.0 Å². The molecule has 0 bridgehead atoms. The Labute approximate surface area is 162 Å². The number of nitrogens with zero attached hydrogens (tertiary/aromatic N) is 2. The van der Waals surface area contributed by atoms with Crippen LogP contribution in [0, 0.1) is 21.4 Å². The van der Waals surface area contributed by atoms with E-state index in [-0.39, 0.29) is 10.7 Å². The fourth-order valence-electron chi connectivity index (χ4n) is 2.34. The number of allylic oxidation sites excluding steroid dienone is 1. The van der Waals surface area contributed by atoms with Gasteiger partial charge in [0, 0.05) is 16.1 Å². The van der Waals surface area contributed by atoms with Gasteiger partial charge in [0.1, 0.15) is 16.5 Å². The topological polar surface area (TPSA) is 80.1 Å². The quantitative estimate of drug-likeness (QED) is 0.275. The van der Waals surface area contributed by atoms with E-state index in [4.69, 9.17) is 16.0 Å². The smallest absolute Gasteiger partial charge is 0.288 e. The van der Waals surface area contributed by atoms with Crippen LogP contribution in [0.5, 0.6) is 0 Å². The van der Waals surface area contributed by atoms with Gasteiger partial charge in [-0.15, -0.1) is 0 Å². The molecule has 0 spiro atoms. The number of hydrogen-bond acceptors (Lipinski definition) is 4. The van der Waals surface area contributed by atoms with Crippen LogP contribution in [0.1, 0.15) is 11.3 Å². The van der Waals surface area contributed by atoms with Crippen molar-refractivity contribution in [3.63, 3.8) is 0 Å². The average Bonchev–Trinajstić information content (AvgIpc) is 3.09.